The third-order valence-corrected chi connectivity index (χ3v) is 2.71. The smallest absolute Gasteiger partial charge is 0.162 e. The zero-order valence-corrected chi connectivity index (χ0v) is 9.46. The Hall–Kier alpha value is -2.36. The summed E-state index contributed by atoms with van der Waals surface area (Å²) >= 11 is 0. The maximum absolute atomic E-state index is 5.67. The molecule has 84 valence electrons. The first kappa shape index (κ1) is 9.84. The van der Waals surface area contributed by atoms with E-state index in [1.165, 1.54) is 5.56 Å². The highest BCUT2D eigenvalue weighted by Crippen LogP contribution is 2.24. The van der Waals surface area contributed by atoms with Gasteiger partial charge in [0, 0.05) is 5.56 Å². The van der Waals surface area contributed by atoms with Crippen LogP contribution in [-0.2, 0) is 0 Å². The lowest BCUT2D eigenvalue weighted by molar-refractivity contribution is 0.942. The van der Waals surface area contributed by atoms with Crippen LogP contribution in [0.5, 0.6) is 0 Å². The van der Waals surface area contributed by atoms with Gasteiger partial charge >= 0.3 is 0 Å². The summed E-state index contributed by atoms with van der Waals surface area (Å²) in [5.41, 5.74) is 10.5. The summed E-state index contributed by atoms with van der Waals surface area (Å²) in [6.45, 7) is 2.07. The van der Waals surface area contributed by atoms with Crippen LogP contribution in [0.4, 0.5) is 5.69 Å². The number of anilines is 1. The number of nitrogen functional groups attached to an aromatic ring is 1. The van der Waals surface area contributed by atoms with E-state index in [2.05, 4.69) is 35.2 Å². The van der Waals surface area contributed by atoms with Gasteiger partial charge in [-0.1, -0.05) is 29.8 Å². The fourth-order valence-electron chi connectivity index (χ4n) is 1.91. The standard InChI is InChI=1S/C13H12N4/c1-9-3-2-4-10(5-9)12-7-16-17-8-11(14)6-15-13(12)17/h2-8H,14H2,1H3. The highest BCUT2D eigenvalue weighted by atomic mass is 15.2. The van der Waals surface area contributed by atoms with Gasteiger partial charge in [-0.05, 0) is 12.5 Å². The molecular formula is C13H12N4. The third kappa shape index (κ3) is 1.63. The van der Waals surface area contributed by atoms with Gasteiger partial charge in [-0.3, -0.25) is 0 Å². The predicted octanol–water partition coefficient (Wildman–Crippen LogP) is 2.29. The van der Waals surface area contributed by atoms with Gasteiger partial charge in [0.15, 0.2) is 5.65 Å². The highest BCUT2D eigenvalue weighted by Gasteiger charge is 2.07. The summed E-state index contributed by atoms with van der Waals surface area (Å²) in [5.74, 6) is 0. The number of rotatable bonds is 1. The van der Waals surface area contributed by atoms with Crippen LogP contribution in [0, 0.1) is 6.92 Å². The topological polar surface area (TPSA) is 56.2 Å². The van der Waals surface area contributed by atoms with Crippen LogP contribution in [0.1, 0.15) is 5.56 Å². The lowest BCUT2D eigenvalue weighted by Crippen LogP contribution is -1.94. The van der Waals surface area contributed by atoms with Crippen LogP contribution in [0.2, 0.25) is 0 Å². The quantitative estimate of drug-likeness (QED) is 0.690. The predicted molar refractivity (Wildman–Crippen MR) is 67.6 cm³/mol. The Morgan fingerprint density at radius 1 is 1.24 bits per heavy atom. The van der Waals surface area contributed by atoms with E-state index in [4.69, 9.17) is 5.73 Å². The SMILES string of the molecule is Cc1cccc(-c2cnn3cc(N)cnc23)c1. The Balaban J connectivity index is 2.24. The first-order valence-electron chi connectivity index (χ1n) is 5.40. The fraction of sp³-hybridized carbons (Fsp3) is 0.0769. The van der Waals surface area contributed by atoms with Crippen LogP contribution >= 0.6 is 0 Å². The van der Waals surface area contributed by atoms with E-state index in [1.54, 1.807) is 16.9 Å². The van der Waals surface area contributed by atoms with Crippen molar-refractivity contribution < 1.29 is 0 Å². The molecular weight excluding hydrogens is 212 g/mol. The van der Waals surface area contributed by atoms with Crippen LogP contribution in [0.25, 0.3) is 16.8 Å². The molecule has 3 aromatic rings. The van der Waals surface area contributed by atoms with Crippen LogP contribution in [-0.4, -0.2) is 14.6 Å². The van der Waals surface area contributed by atoms with Gasteiger partial charge in [0.05, 0.1) is 24.3 Å². The Morgan fingerprint density at radius 2 is 2.12 bits per heavy atom. The number of nitrogens with zero attached hydrogens (tertiary/aromatic N) is 3. The molecule has 2 aromatic heterocycles. The molecule has 0 spiro atoms. The number of nitrogens with two attached hydrogens (primary N) is 1. The van der Waals surface area contributed by atoms with Gasteiger partial charge in [-0.2, -0.15) is 5.10 Å². The van der Waals surface area contributed by atoms with Crippen molar-refractivity contribution in [3.8, 4) is 11.1 Å². The molecule has 2 N–H and O–H groups in total. The highest BCUT2D eigenvalue weighted by molar-refractivity contribution is 5.77. The molecule has 0 saturated carbocycles. The van der Waals surface area contributed by atoms with Crippen LogP contribution in [0.3, 0.4) is 0 Å². The van der Waals surface area contributed by atoms with Crippen molar-refractivity contribution in [2.45, 2.75) is 6.92 Å². The van der Waals surface area contributed by atoms with Gasteiger partial charge in [-0.15, -0.1) is 0 Å². The van der Waals surface area contributed by atoms with Crippen molar-refractivity contribution in [2.75, 3.05) is 5.73 Å². The van der Waals surface area contributed by atoms with E-state index < -0.39 is 0 Å². The number of aromatic nitrogens is 3. The fourth-order valence-corrected chi connectivity index (χ4v) is 1.91. The summed E-state index contributed by atoms with van der Waals surface area (Å²) in [6, 6.07) is 8.28. The normalized spacial score (nSPS) is 10.9. The molecule has 0 fully saturated rings. The average molecular weight is 224 g/mol. The Morgan fingerprint density at radius 3 is 2.94 bits per heavy atom. The van der Waals surface area contributed by atoms with Crippen molar-refractivity contribution in [3.05, 3.63) is 48.4 Å². The molecule has 0 radical (unpaired) electrons. The molecule has 17 heavy (non-hydrogen) atoms. The maximum Gasteiger partial charge on any atom is 0.162 e. The summed E-state index contributed by atoms with van der Waals surface area (Å²) in [5, 5.41) is 4.26. The minimum Gasteiger partial charge on any atom is -0.396 e. The summed E-state index contributed by atoms with van der Waals surface area (Å²) in [4.78, 5) is 4.32. The molecule has 0 atom stereocenters. The van der Waals surface area contributed by atoms with Crippen molar-refractivity contribution in [1.29, 1.82) is 0 Å². The lowest BCUT2D eigenvalue weighted by Gasteiger charge is -2.00. The Labute approximate surface area is 98.7 Å². The first-order valence-corrected chi connectivity index (χ1v) is 5.40. The monoisotopic (exact) mass is 224 g/mol. The van der Waals surface area contributed by atoms with Gasteiger partial charge in [-0.25, -0.2) is 9.50 Å². The van der Waals surface area contributed by atoms with E-state index in [-0.39, 0.29) is 0 Å². The van der Waals surface area contributed by atoms with E-state index in [0.29, 0.717) is 5.69 Å². The molecule has 4 heteroatoms. The minimum absolute atomic E-state index is 0.608. The van der Waals surface area contributed by atoms with Crippen molar-refractivity contribution in [2.24, 2.45) is 0 Å². The molecule has 0 bridgehead atoms. The second-order valence-electron chi connectivity index (χ2n) is 4.08. The van der Waals surface area contributed by atoms with Crippen molar-refractivity contribution >= 4 is 11.3 Å². The number of aryl methyl sites for hydroxylation is 1. The molecule has 0 aliphatic heterocycles. The molecule has 0 aliphatic rings. The summed E-state index contributed by atoms with van der Waals surface area (Å²) in [7, 11) is 0. The third-order valence-electron chi connectivity index (χ3n) is 2.71. The van der Waals surface area contributed by atoms with E-state index >= 15 is 0 Å². The number of hydrogen-bond acceptors (Lipinski definition) is 3. The van der Waals surface area contributed by atoms with E-state index in [1.807, 2.05) is 12.3 Å². The van der Waals surface area contributed by atoms with Crippen molar-refractivity contribution in [1.82, 2.24) is 14.6 Å². The maximum atomic E-state index is 5.67. The summed E-state index contributed by atoms with van der Waals surface area (Å²) < 4.78 is 1.70. The van der Waals surface area contributed by atoms with Crippen molar-refractivity contribution in [3.63, 3.8) is 0 Å². The molecule has 0 saturated heterocycles. The molecule has 2 heterocycles. The van der Waals surface area contributed by atoms with E-state index in [9.17, 15) is 0 Å². The summed E-state index contributed by atoms with van der Waals surface area (Å²) in [6.07, 6.45) is 5.23. The van der Waals surface area contributed by atoms with Crippen LogP contribution < -0.4 is 5.73 Å². The molecule has 3 rings (SSSR count). The zero-order chi connectivity index (χ0) is 11.8. The molecule has 0 amide bonds. The lowest BCUT2D eigenvalue weighted by atomic mass is 10.1. The molecule has 0 aliphatic carbocycles. The Bertz CT molecular complexity index is 685. The number of hydrogen-bond donors (Lipinski definition) is 1. The first-order chi connectivity index (χ1) is 8.24. The van der Waals surface area contributed by atoms with E-state index in [0.717, 1.165) is 16.8 Å². The largest absolute Gasteiger partial charge is 0.396 e. The Kier molecular flexibility index (Phi) is 2.08. The van der Waals surface area contributed by atoms with Crippen LogP contribution in [0.15, 0.2) is 42.9 Å². The van der Waals surface area contributed by atoms with Gasteiger partial charge < -0.3 is 5.73 Å². The number of benzene rings is 1. The molecule has 4 nitrogen and oxygen atoms in total. The molecule has 1 aromatic carbocycles. The minimum atomic E-state index is 0.608. The van der Waals surface area contributed by atoms with Gasteiger partial charge in [0.1, 0.15) is 0 Å². The zero-order valence-electron chi connectivity index (χ0n) is 9.46. The second kappa shape index (κ2) is 3.59. The van der Waals surface area contributed by atoms with Gasteiger partial charge in [0.2, 0.25) is 0 Å². The number of fused-ring (bicyclic) bond motifs is 1. The molecule has 0 unspecified atom stereocenters. The average Bonchev–Trinajstić information content (AvgIpc) is 2.71. The van der Waals surface area contributed by atoms with Gasteiger partial charge in [0.25, 0.3) is 0 Å². The second-order valence-corrected chi connectivity index (χ2v) is 4.08.